The molecule has 3 N–H and O–H groups in total. The van der Waals surface area contributed by atoms with E-state index in [0.29, 0.717) is 22.7 Å². The quantitative estimate of drug-likeness (QED) is 0.897. The topological polar surface area (TPSA) is 72.5 Å². The van der Waals surface area contributed by atoms with Crippen molar-refractivity contribution in [3.05, 3.63) is 34.3 Å². The van der Waals surface area contributed by atoms with E-state index in [1.54, 1.807) is 19.1 Å². The third-order valence-corrected chi connectivity index (χ3v) is 2.01. The maximum Gasteiger partial charge on any atom is 0.329 e. The van der Waals surface area contributed by atoms with Crippen molar-refractivity contribution in [1.29, 1.82) is 0 Å². The monoisotopic (exact) mass is 309 g/mol. The number of rotatable bonds is 3. The maximum atomic E-state index is 9.63. The van der Waals surface area contributed by atoms with Crippen LogP contribution in [-0.2, 0) is 9.53 Å². The number of aliphatic carboxylic acids is 1. The molecular formula is C13H21Cl2NO3. The Bertz CT molecular complexity index is 323. The maximum absolute atomic E-state index is 9.63. The zero-order valence-corrected chi connectivity index (χ0v) is 12.9. The van der Waals surface area contributed by atoms with Gasteiger partial charge in [0.15, 0.2) is 0 Å². The third-order valence-electron chi connectivity index (χ3n) is 1.25. The summed E-state index contributed by atoms with van der Waals surface area (Å²) in [5.74, 6) is -0.915. The van der Waals surface area contributed by atoms with Crippen LogP contribution in [0.2, 0.25) is 10.0 Å². The van der Waals surface area contributed by atoms with E-state index in [9.17, 15) is 4.79 Å². The lowest BCUT2D eigenvalue weighted by atomic mass is 10.4. The van der Waals surface area contributed by atoms with Crippen molar-refractivity contribution >= 4 is 29.2 Å². The number of hydrogen-bond acceptors (Lipinski definition) is 3. The van der Waals surface area contributed by atoms with E-state index in [-0.39, 0.29) is 6.61 Å². The molecule has 0 aliphatic heterocycles. The van der Waals surface area contributed by atoms with Gasteiger partial charge in [-0.15, -0.1) is 0 Å². The summed E-state index contributed by atoms with van der Waals surface area (Å²) < 4.78 is 4.50. The predicted molar refractivity (Wildman–Crippen MR) is 79.9 cm³/mol. The number of ether oxygens (including phenoxy) is 1. The summed E-state index contributed by atoms with van der Waals surface area (Å²) in [6.45, 7) is 5.92. The van der Waals surface area contributed by atoms with Gasteiger partial charge in [-0.3, -0.25) is 0 Å². The van der Waals surface area contributed by atoms with E-state index < -0.39 is 5.97 Å². The molecule has 110 valence electrons. The molecule has 0 radical (unpaired) electrons. The van der Waals surface area contributed by atoms with Gasteiger partial charge in [0.1, 0.15) is 6.61 Å². The molecule has 19 heavy (non-hydrogen) atoms. The van der Waals surface area contributed by atoms with Crippen LogP contribution >= 0.6 is 23.2 Å². The summed E-state index contributed by atoms with van der Waals surface area (Å²) in [5.41, 5.74) is 5.11. The fourth-order valence-corrected chi connectivity index (χ4v) is 0.900. The molecular weight excluding hydrogens is 289 g/mol. The van der Waals surface area contributed by atoms with Gasteiger partial charge in [-0.2, -0.15) is 0 Å². The number of hydrogen-bond donors (Lipinski definition) is 2. The minimum absolute atomic E-state index is 0.184. The van der Waals surface area contributed by atoms with E-state index >= 15 is 0 Å². The summed E-state index contributed by atoms with van der Waals surface area (Å²) in [4.78, 5) is 9.63. The molecule has 0 unspecified atom stereocenters. The Hall–Kier alpha value is -0.810. The van der Waals surface area contributed by atoms with Crippen LogP contribution in [0.4, 0.5) is 0 Å². The fourth-order valence-electron chi connectivity index (χ4n) is 0.629. The largest absolute Gasteiger partial charge is 0.480 e. The summed E-state index contributed by atoms with van der Waals surface area (Å²) >= 11 is 11.2. The first kappa shape index (κ1) is 20.5. The molecule has 0 saturated carbocycles. The molecule has 0 aliphatic carbocycles. The zero-order valence-electron chi connectivity index (χ0n) is 11.4. The highest BCUT2D eigenvalue weighted by molar-refractivity contribution is 6.41. The van der Waals surface area contributed by atoms with Gasteiger partial charge >= 0.3 is 5.97 Å². The average molecular weight is 310 g/mol. The number of carboxylic acids is 1. The van der Waals surface area contributed by atoms with Crippen LogP contribution in [0.25, 0.3) is 0 Å². The third kappa shape index (κ3) is 19.7. The summed E-state index contributed by atoms with van der Waals surface area (Å²) in [6.07, 6.45) is 0. The Balaban J connectivity index is 0. The highest BCUT2D eigenvalue weighted by Crippen LogP contribution is 2.19. The van der Waals surface area contributed by atoms with Crippen LogP contribution in [0.3, 0.4) is 0 Å². The smallest absolute Gasteiger partial charge is 0.329 e. The summed E-state index contributed by atoms with van der Waals surface area (Å²) in [7, 11) is 0. The van der Waals surface area contributed by atoms with Gasteiger partial charge in [0, 0.05) is 6.61 Å². The second kappa shape index (κ2) is 13.6. The molecule has 6 heteroatoms. The first-order valence-electron chi connectivity index (χ1n) is 5.76. The molecule has 1 aromatic rings. The Morgan fingerprint density at radius 3 is 1.84 bits per heavy atom. The van der Waals surface area contributed by atoms with Gasteiger partial charge in [-0.25, -0.2) is 4.79 Å². The molecule has 0 atom stereocenters. The van der Waals surface area contributed by atoms with Crippen molar-refractivity contribution in [3.63, 3.8) is 0 Å². The molecule has 0 fully saturated rings. The molecule has 0 bridgehead atoms. The first-order valence-corrected chi connectivity index (χ1v) is 6.52. The average Bonchev–Trinajstić information content (AvgIpc) is 2.30. The van der Waals surface area contributed by atoms with Crippen molar-refractivity contribution in [2.75, 3.05) is 13.2 Å². The van der Waals surface area contributed by atoms with Crippen molar-refractivity contribution in [3.8, 4) is 0 Å². The van der Waals surface area contributed by atoms with E-state index in [1.807, 2.05) is 26.0 Å². The summed E-state index contributed by atoms with van der Waals surface area (Å²) in [6, 6.07) is 7.52. The highest BCUT2D eigenvalue weighted by Gasteiger charge is 1.90. The number of benzene rings is 1. The Labute approximate surface area is 124 Å². The van der Waals surface area contributed by atoms with Crippen molar-refractivity contribution in [2.24, 2.45) is 5.73 Å². The van der Waals surface area contributed by atoms with Crippen molar-refractivity contribution < 1.29 is 14.6 Å². The molecule has 1 rings (SSSR count). The van der Waals surface area contributed by atoms with Crippen molar-refractivity contribution in [1.82, 2.24) is 0 Å². The minimum Gasteiger partial charge on any atom is -0.480 e. The molecule has 0 spiro atoms. The van der Waals surface area contributed by atoms with E-state index in [4.69, 9.17) is 34.0 Å². The highest BCUT2D eigenvalue weighted by atomic mass is 35.5. The van der Waals surface area contributed by atoms with E-state index in [2.05, 4.69) is 4.74 Å². The first-order chi connectivity index (χ1) is 8.81. The van der Waals surface area contributed by atoms with Gasteiger partial charge in [0.05, 0.1) is 10.0 Å². The predicted octanol–water partition coefficient (Wildman–Crippen LogP) is 3.45. The van der Waals surface area contributed by atoms with Crippen LogP contribution < -0.4 is 5.73 Å². The molecule has 4 nitrogen and oxygen atoms in total. The van der Waals surface area contributed by atoms with Gasteiger partial charge in [0.25, 0.3) is 0 Å². The second-order valence-corrected chi connectivity index (χ2v) is 4.50. The number of carboxylic acid groups (broad SMARTS) is 1. The van der Waals surface area contributed by atoms with E-state index in [0.717, 1.165) is 0 Å². The number of halogens is 2. The Morgan fingerprint density at radius 1 is 1.32 bits per heavy atom. The standard InChI is InChI=1S/C6H4Cl2.C4H8O3.C3H9N/c7-5-3-1-2-4-6(5)8;1-2-7-3-4(5)6;1-3(2)4/h1-4H;2-3H2,1H3,(H,5,6);3H,4H2,1-2H3. The van der Waals surface area contributed by atoms with Crippen LogP contribution in [0.15, 0.2) is 24.3 Å². The van der Waals surface area contributed by atoms with Gasteiger partial charge in [-0.05, 0) is 25.1 Å². The minimum atomic E-state index is -0.915. The lowest BCUT2D eigenvalue weighted by Gasteiger charge is -1.90. The van der Waals surface area contributed by atoms with Crippen LogP contribution in [-0.4, -0.2) is 30.3 Å². The van der Waals surface area contributed by atoms with Gasteiger partial charge in [-0.1, -0.05) is 49.2 Å². The normalized spacial score (nSPS) is 9.00. The lowest BCUT2D eigenvalue weighted by molar-refractivity contribution is -0.142. The van der Waals surface area contributed by atoms with Crippen LogP contribution in [0.5, 0.6) is 0 Å². The lowest BCUT2D eigenvalue weighted by Crippen LogP contribution is -2.06. The number of nitrogens with two attached hydrogens (primary N) is 1. The second-order valence-electron chi connectivity index (χ2n) is 3.69. The zero-order chi connectivity index (χ0) is 15.3. The number of carbonyl (C=O) groups is 1. The molecule has 0 aromatic heterocycles. The van der Waals surface area contributed by atoms with Gasteiger partial charge in [0.2, 0.25) is 0 Å². The summed E-state index contributed by atoms with van der Waals surface area (Å²) in [5, 5.41) is 9.13. The SMILES string of the molecule is CC(C)N.CCOCC(=O)O.Clc1ccccc1Cl. The van der Waals surface area contributed by atoms with E-state index in [1.165, 1.54) is 0 Å². The Morgan fingerprint density at radius 2 is 1.68 bits per heavy atom. The molecule has 0 heterocycles. The van der Waals surface area contributed by atoms with Crippen LogP contribution in [0, 0.1) is 0 Å². The molecule has 0 aliphatic rings. The fraction of sp³-hybridized carbons (Fsp3) is 0.462. The molecule has 0 amide bonds. The van der Waals surface area contributed by atoms with Crippen LogP contribution in [0.1, 0.15) is 20.8 Å². The van der Waals surface area contributed by atoms with Crippen molar-refractivity contribution in [2.45, 2.75) is 26.8 Å². The van der Waals surface area contributed by atoms with Gasteiger partial charge < -0.3 is 15.6 Å². The molecule has 1 aromatic carbocycles. The Kier molecular flexibility index (Phi) is 14.7. The molecule has 0 saturated heterocycles.